The fourth-order valence-electron chi connectivity index (χ4n) is 4.18. The average Bonchev–Trinajstić information content (AvgIpc) is 3.11. The van der Waals surface area contributed by atoms with E-state index >= 15 is 0 Å². The number of nitrogens with zero attached hydrogens (tertiary/aromatic N) is 1. The number of aryl methyl sites for hydroxylation is 1. The van der Waals surface area contributed by atoms with E-state index in [4.69, 9.17) is 9.47 Å². The molecule has 2 aromatic carbocycles. The summed E-state index contributed by atoms with van der Waals surface area (Å²) in [5.74, 6) is 0.983. The summed E-state index contributed by atoms with van der Waals surface area (Å²) in [6.07, 6.45) is 6.13. The Labute approximate surface area is 183 Å². The van der Waals surface area contributed by atoms with Crippen molar-refractivity contribution in [3.05, 3.63) is 83.3 Å². The minimum absolute atomic E-state index is 0.0294. The largest absolute Gasteiger partial charge is 0.497 e. The number of allylic oxidation sites excluding steroid dienone is 2. The molecule has 1 aromatic heterocycles. The molecule has 1 heterocycles. The molecule has 3 aromatic rings. The van der Waals surface area contributed by atoms with Gasteiger partial charge in [-0.15, -0.1) is 0 Å². The SMILES string of the molecule is COc1ccc(F)c(-c2ccc(COc3cc(C)ccn3)cc2C2=CCCC2(C)C)c1. The lowest BCUT2D eigenvalue weighted by atomic mass is 9.79. The van der Waals surface area contributed by atoms with E-state index in [1.54, 1.807) is 25.4 Å². The first-order valence-corrected chi connectivity index (χ1v) is 10.6. The van der Waals surface area contributed by atoms with Crippen molar-refractivity contribution < 1.29 is 13.9 Å². The molecule has 0 amide bonds. The summed E-state index contributed by atoms with van der Waals surface area (Å²) in [5, 5.41) is 0. The van der Waals surface area contributed by atoms with Gasteiger partial charge in [0.2, 0.25) is 5.88 Å². The second kappa shape index (κ2) is 8.54. The molecule has 0 atom stereocenters. The standard InChI is InChI=1S/C27H28FNO2/c1-18-11-13-29-26(14-18)31-17-19-7-9-21(23-16-20(30-4)8-10-25(23)28)22(15-19)24-6-5-12-27(24,2)3/h6-11,13-16H,5,12,17H2,1-4H3. The molecular weight excluding hydrogens is 389 g/mol. The van der Waals surface area contributed by atoms with E-state index in [1.807, 2.05) is 31.2 Å². The molecular formula is C27H28FNO2. The van der Waals surface area contributed by atoms with Crippen molar-refractivity contribution in [1.82, 2.24) is 4.98 Å². The maximum absolute atomic E-state index is 14.9. The molecule has 0 fully saturated rings. The lowest BCUT2D eigenvalue weighted by Crippen LogP contribution is -2.10. The van der Waals surface area contributed by atoms with Crippen LogP contribution in [0.3, 0.4) is 0 Å². The summed E-state index contributed by atoms with van der Waals surface area (Å²) in [7, 11) is 1.60. The van der Waals surface area contributed by atoms with Crippen molar-refractivity contribution in [2.24, 2.45) is 5.41 Å². The highest BCUT2D eigenvalue weighted by Gasteiger charge is 2.30. The second-order valence-electron chi connectivity index (χ2n) is 8.73. The summed E-state index contributed by atoms with van der Waals surface area (Å²) in [6, 6.07) is 14.9. The van der Waals surface area contributed by atoms with E-state index in [9.17, 15) is 4.39 Å². The van der Waals surface area contributed by atoms with E-state index in [0.29, 0.717) is 23.8 Å². The zero-order valence-corrected chi connectivity index (χ0v) is 18.5. The zero-order valence-electron chi connectivity index (χ0n) is 18.5. The molecule has 0 unspecified atom stereocenters. The van der Waals surface area contributed by atoms with Crippen LogP contribution in [0.2, 0.25) is 0 Å². The number of hydrogen-bond acceptors (Lipinski definition) is 3. The quantitative estimate of drug-likeness (QED) is 0.433. The number of hydrogen-bond donors (Lipinski definition) is 0. The zero-order chi connectivity index (χ0) is 22.0. The lowest BCUT2D eigenvalue weighted by Gasteiger charge is -2.25. The monoisotopic (exact) mass is 417 g/mol. The van der Waals surface area contributed by atoms with Crippen LogP contribution in [-0.4, -0.2) is 12.1 Å². The van der Waals surface area contributed by atoms with E-state index in [-0.39, 0.29) is 11.2 Å². The minimum atomic E-state index is -0.258. The van der Waals surface area contributed by atoms with Gasteiger partial charge in [-0.2, -0.15) is 0 Å². The molecule has 4 rings (SSSR count). The van der Waals surface area contributed by atoms with Crippen molar-refractivity contribution in [2.45, 2.75) is 40.2 Å². The third kappa shape index (κ3) is 4.48. The molecule has 0 saturated carbocycles. The molecule has 1 aliphatic rings. The maximum atomic E-state index is 14.9. The Morgan fingerprint density at radius 2 is 1.84 bits per heavy atom. The van der Waals surface area contributed by atoms with E-state index < -0.39 is 0 Å². The van der Waals surface area contributed by atoms with Gasteiger partial charge in [0.15, 0.2) is 0 Å². The molecule has 0 N–H and O–H groups in total. The molecule has 0 bridgehead atoms. The summed E-state index contributed by atoms with van der Waals surface area (Å²) >= 11 is 0. The van der Waals surface area contributed by atoms with Gasteiger partial charge >= 0.3 is 0 Å². The van der Waals surface area contributed by atoms with Crippen molar-refractivity contribution in [3.63, 3.8) is 0 Å². The molecule has 1 aliphatic carbocycles. The third-order valence-corrected chi connectivity index (χ3v) is 5.96. The highest BCUT2D eigenvalue weighted by molar-refractivity contribution is 5.85. The van der Waals surface area contributed by atoms with E-state index in [1.165, 1.54) is 11.6 Å². The van der Waals surface area contributed by atoms with Gasteiger partial charge < -0.3 is 9.47 Å². The molecule has 31 heavy (non-hydrogen) atoms. The molecule has 3 nitrogen and oxygen atoms in total. The van der Waals surface area contributed by atoms with Crippen LogP contribution in [0.4, 0.5) is 4.39 Å². The number of ether oxygens (including phenoxy) is 2. The summed E-state index contributed by atoms with van der Waals surface area (Å²) < 4.78 is 26.1. The number of pyridine rings is 1. The van der Waals surface area contributed by atoms with Crippen LogP contribution in [0.5, 0.6) is 11.6 Å². The third-order valence-electron chi connectivity index (χ3n) is 5.96. The smallest absolute Gasteiger partial charge is 0.213 e. The van der Waals surface area contributed by atoms with Gasteiger partial charge in [0.05, 0.1) is 7.11 Å². The van der Waals surface area contributed by atoms with Crippen LogP contribution in [-0.2, 0) is 6.61 Å². The fourth-order valence-corrected chi connectivity index (χ4v) is 4.18. The van der Waals surface area contributed by atoms with Gasteiger partial charge in [0.25, 0.3) is 0 Å². The van der Waals surface area contributed by atoms with Crippen LogP contribution in [0, 0.1) is 18.2 Å². The van der Waals surface area contributed by atoms with Crippen molar-refractivity contribution >= 4 is 5.57 Å². The first kappa shape index (κ1) is 21.1. The number of rotatable bonds is 6. The van der Waals surface area contributed by atoms with Gasteiger partial charge in [0.1, 0.15) is 18.2 Å². The molecule has 0 aliphatic heterocycles. The molecule has 160 valence electrons. The molecule has 0 radical (unpaired) electrons. The van der Waals surface area contributed by atoms with Gasteiger partial charge in [-0.25, -0.2) is 9.37 Å². The van der Waals surface area contributed by atoms with Crippen molar-refractivity contribution in [1.29, 1.82) is 0 Å². The van der Waals surface area contributed by atoms with Gasteiger partial charge in [-0.1, -0.05) is 32.1 Å². The molecule has 0 saturated heterocycles. The Bertz CT molecular complexity index is 1130. The Morgan fingerprint density at radius 3 is 2.55 bits per heavy atom. The predicted molar refractivity (Wildman–Crippen MR) is 123 cm³/mol. The summed E-state index contributed by atoms with van der Waals surface area (Å²) in [5.41, 5.74) is 5.87. The second-order valence-corrected chi connectivity index (χ2v) is 8.73. The van der Waals surface area contributed by atoms with Gasteiger partial charge in [0, 0.05) is 17.8 Å². The Hall–Kier alpha value is -3.14. The molecule has 4 heteroatoms. The average molecular weight is 418 g/mol. The van der Waals surface area contributed by atoms with Crippen LogP contribution < -0.4 is 9.47 Å². The topological polar surface area (TPSA) is 31.4 Å². The van der Waals surface area contributed by atoms with Crippen LogP contribution in [0.15, 0.2) is 60.8 Å². The fraction of sp³-hybridized carbons (Fsp3) is 0.296. The first-order valence-electron chi connectivity index (χ1n) is 10.6. The first-order chi connectivity index (χ1) is 14.9. The van der Waals surface area contributed by atoms with Gasteiger partial charge in [-0.05, 0) is 83.3 Å². The van der Waals surface area contributed by atoms with E-state index in [2.05, 4.69) is 31.0 Å². The van der Waals surface area contributed by atoms with Crippen LogP contribution >= 0.6 is 0 Å². The Balaban J connectivity index is 1.75. The maximum Gasteiger partial charge on any atom is 0.213 e. The predicted octanol–water partition coefficient (Wildman–Crippen LogP) is 6.99. The highest BCUT2D eigenvalue weighted by Crippen LogP contribution is 2.47. The summed E-state index contributed by atoms with van der Waals surface area (Å²) in [6.45, 7) is 6.91. The highest BCUT2D eigenvalue weighted by atomic mass is 19.1. The number of benzene rings is 2. The normalized spacial score (nSPS) is 14.9. The van der Waals surface area contributed by atoms with Crippen LogP contribution in [0.25, 0.3) is 16.7 Å². The summed E-state index contributed by atoms with van der Waals surface area (Å²) in [4.78, 5) is 4.28. The Morgan fingerprint density at radius 1 is 1.00 bits per heavy atom. The number of methoxy groups -OCH3 is 1. The Kier molecular flexibility index (Phi) is 5.81. The van der Waals surface area contributed by atoms with Gasteiger partial charge in [-0.3, -0.25) is 0 Å². The van der Waals surface area contributed by atoms with E-state index in [0.717, 1.165) is 35.1 Å². The lowest BCUT2D eigenvalue weighted by molar-refractivity contribution is 0.293. The number of halogens is 1. The molecule has 0 spiro atoms. The van der Waals surface area contributed by atoms with Crippen molar-refractivity contribution in [3.8, 4) is 22.8 Å². The van der Waals surface area contributed by atoms with Crippen molar-refractivity contribution in [2.75, 3.05) is 7.11 Å². The number of aromatic nitrogens is 1. The van der Waals surface area contributed by atoms with Crippen LogP contribution in [0.1, 0.15) is 43.4 Å². The minimum Gasteiger partial charge on any atom is -0.497 e.